The van der Waals surface area contributed by atoms with Crippen molar-refractivity contribution in [3.8, 4) is 11.3 Å². The van der Waals surface area contributed by atoms with Crippen LogP contribution in [0.15, 0.2) is 30.6 Å². The van der Waals surface area contributed by atoms with E-state index in [1.165, 1.54) is 6.33 Å². The molecular weight excluding hydrogens is 257 g/mol. The van der Waals surface area contributed by atoms with Crippen LogP contribution in [0.25, 0.3) is 11.3 Å². The summed E-state index contributed by atoms with van der Waals surface area (Å²) in [5.74, 6) is 0.781. The Morgan fingerprint density at radius 1 is 1.18 bits per heavy atom. The largest absolute Gasteiger partial charge is 0.370 e. The lowest BCUT2D eigenvalue weighted by Gasteiger charge is -2.06. The van der Waals surface area contributed by atoms with Crippen molar-refractivity contribution < 1.29 is 0 Å². The van der Waals surface area contributed by atoms with Gasteiger partial charge in [-0.1, -0.05) is 23.2 Å². The molecule has 5 heteroatoms. The molecular formula is C12H11Cl2N3. The number of aromatic nitrogens is 2. The molecule has 0 atom stereocenters. The lowest BCUT2D eigenvalue weighted by molar-refractivity contribution is 1.11. The molecule has 0 fully saturated rings. The van der Waals surface area contributed by atoms with E-state index in [1.54, 1.807) is 12.1 Å². The molecule has 0 aliphatic heterocycles. The van der Waals surface area contributed by atoms with Gasteiger partial charge in [-0.15, -0.1) is 0 Å². The van der Waals surface area contributed by atoms with Crippen molar-refractivity contribution in [2.24, 2.45) is 0 Å². The Labute approximate surface area is 110 Å². The van der Waals surface area contributed by atoms with Crippen LogP contribution < -0.4 is 5.32 Å². The zero-order valence-electron chi connectivity index (χ0n) is 9.24. The molecule has 0 aliphatic carbocycles. The van der Waals surface area contributed by atoms with Gasteiger partial charge in [-0.3, -0.25) is 0 Å². The third kappa shape index (κ3) is 2.87. The second-order valence-corrected chi connectivity index (χ2v) is 4.29. The SMILES string of the molecule is CCNc1cc(-c2ccc(Cl)cc2Cl)ncn1. The number of hydrogen-bond donors (Lipinski definition) is 1. The van der Waals surface area contributed by atoms with Crippen LogP contribution in [0.2, 0.25) is 10.0 Å². The summed E-state index contributed by atoms with van der Waals surface area (Å²) in [5, 5.41) is 4.32. The predicted molar refractivity (Wildman–Crippen MR) is 71.7 cm³/mol. The zero-order chi connectivity index (χ0) is 12.3. The fourth-order valence-corrected chi connectivity index (χ4v) is 1.98. The molecule has 88 valence electrons. The van der Waals surface area contributed by atoms with Crippen LogP contribution in [0, 0.1) is 0 Å². The van der Waals surface area contributed by atoms with Crippen LogP contribution in [0.4, 0.5) is 5.82 Å². The molecule has 2 rings (SSSR count). The van der Waals surface area contributed by atoms with Crippen LogP contribution in [0.1, 0.15) is 6.92 Å². The van der Waals surface area contributed by atoms with Gasteiger partial charge in [0.15, 0.2) is 0 Å². The van der Waals surface area contributed by atoms with Gasteiger partial charge in [0, 0.05) is 23.2 Å². The molecule has 3 nitrogen and oxygen atoms in total. The standard InChI is InChI=1S/C12H11Cl2N3/c1-2-15-12-6-11(16-7-17-12)9-4-3-8(13)5-10(9)14/h3-7H,2H2,1H3,(H,15,16,17). The number of nitrogens with zero attached hydrogens (tertiary/aromatic N) is 2. The van der Waals surface area contributed by atoms with Crippen LogP contribution >= 0.6 is 23.2 Å². The minimum absolute atomic E-state index is 0.582. The Kier molecular flexibility index (Phi) is 3.82. The summed E-state index contributed by atoms with van der Waals surface area (Å²) in [6.45, 7) is 2.82. The topological polar surface area (TPSA) is 37.8 Å². The Morgan fingerprint density at radius 2 is 2.00 bits per heavy atom. The van der Waals surface area contributed by atoms with Gasteiger partial charge in [0.25, 0.3) is 0 Å². The average molecular weight is 268 g/mol. The van der Waals surface area contributed by atoms with Crippen molar-refractivity contribution in [3.05, 3.63) is 40.6 Å². The van der Waals surface area contributed by atoms with E-state index in [4.69, 9.17) is 23.2 Å². The lowest BCUT2D eigenvalue weighted by Crippen LogP contribution is -2.00. The minimum Gasteiger partial charge on any atom is -0.370 e. The van der Waals surface area contributed by atoms with E-state index in [2.05, 4.69) is 15.3 Å². The molecule has 2 aromatic rings. The smallest absolute Gasteiger partial charge is 0.129 e. The van der Waals surface area contributed by atoms with Crippen LogP contribution in [0.3, 0.4) is 0 Å². The van der Waals surface area contributed by atoms with Crippen molar-refractivity contribution >= 4 is 29.0 Å². The van der Waals surface area contributed by atoms with E-state index >= 15 is 0 Å². The predicted octanol–water partition coefficient (Wildman–Crippen LogP) is 3.88. The van der Waals surface area contributed by atoms with Gasteiger partial charge in [0.1, 0.15) is 12.1 Å². The fraction of sp³-hybridized carbons (Fsp3) is 0.167. The van der Waals surface area contributed by atoms with E-state index in [1.807, 2.05) is 19.1 Å². The molecule has 17 heavy (non-hydrogen) atoms. The molecule has 0 bridgehead atoms. The molecule has 0 saturated heterocycles. The number of benzene rings is 1. The van der Waals surface area contributed by atoms with Crippen molar-refractivity contribution in [1.82, 2.24) is 9.97 Å². The quantitative estimate of drug-likeness (QED) is 0.917. The van der Waals surface area contributed by atoms with Gasteiger partial charge in [-0.25, -0.2) is 9.97 Å². The Bertz CT molecular complexity index is 529. The Balaban J connectivity index is 2.42. The summed E-state index contributed by atoms with van der Waals surface area (Å²) in [6.07, 6.45) is 1.51. The van der Waals surface area contributed by atoms with Crippen molar-refractivity contribution in [3.63, 3.8) is 0 Å². The highest BCUT2D eigenvalue weighted by Gasteiger charge is 2.06. The van der Waals surface area contributed by atoms with E-state index < -0.39 is 0 Å². The van der Waals surface area contributed by atoms with Gasteiger partial charge in [0.05, 0.1) is 10.7 Å². The van der Waals surface area contributed by atoms with E-state index in [9.17, 15) is 0 Å². The van der Waals surface area contributed by atoms with E-state index in [-0.39, 0.29) is 0 Å². The third-order valence-electron chi connectivity index (χ3n) is 2.23. The summed E-state index contributed by atoms with van der Waals surface area (Å²) < 4.78 is 0. The van der Waals surface area contributed by atoms with E-state index in [0.29, 0.717) is 10.0 Å². The Hall–Kier alpha value is -1.32. The maximum atomic E-state index is 6.13. The highest BCUT2D eigenvalue weighted by atomic mass is 35.5. The highest BCUT2D eigenvalue weighted by Crippen LogP contribution is 2.29. The molecule has 0 radical (unpaired) electrons. The highest BCUT2D eigenvalue weighted by molar-refractivity contribution is 6.36. The van der Waals surface area contributed by atoms with Crippen LogP contribution in [-0.4, -0.2) is 16.5 Å². The average Bonchev–Trinajstić information content (AvgIpc) is 2.29. The van der Waals surface area contributed by atoms with Crippen molar-refractivity contribution in [2.75, 3.05) is 11.9 Å². The summed E-state index contributed by atoms with van der Waals surface area (Å²) in [7, 11) is 0. The Morgan fingerprint density at radius 3 is 2.71 bits per heavy atom. The van der Waals surface area contributed by atoms with Crippen molar-refractivity contribution in [1.29, 1.82) is 0 Å². The maximum absolute atomic E-state index is 6.13. The number of halogens is 2. The summed E-state index contributed by atoms with van der Waals surface area (Å²) >= 11 is 12.0. The lowest BCUT2D eigenvalue weighted by atomic mass is 10.1. The van der Waals surface area contributed by atoms with Gasteiger partial charge < -0.3 is 5.32 Å². The molecule has 0 unspecified atom stereocenters. The molecule has 0 amide bonds. The monoisotopic (exact) mass is 267 g/mol. The summed E-state index contributed by atoms with van der Waals surface area (Å²) in [4.78, 5) is 8.31. The molecule has 0 aliphatic rings. The van der Waals surface area contributed by atoms with Gasteiger partial charge in [-0.2, -0.15) is 0 Å². The molecule has 1 aromatic carbocycles. The first kappa shape index (κ1) is 12.1. The van der Waals surface area contributed by atoms with Crippen molar-refractivity contribution in [2.45, 2.75) is 6.92 Å². The molecule has 1 heterocycles. The van der Waals surface area contributed by atoms with E-state index in [0.717, 1.165) is 23.6 Å². The molecule has 0 spiro atoms. The van der Waals surface area contributed by atoms with Gasteiger partial charge in [0.2, 0.25) is 0 Å². The maximum Gasteiger partial charge on any atom is 0.129 e. The minimum atomic E-state index is 0.582. The summed E-state index contributed by atoms with van der Waals surface area (Å²) in [6, 6.07) is 7.20. The normalized spacial score (nSPS) is 10.3. The molecule has 1 aromatic heterocycles. The van der Waals surface area contributed by atoms with Gasteiger partial charge in [-0.05, 0) is 25.1 Å². The number of hydrogen-bond acceptors (Lipinski definition) is 3. The first-order chi connectivity index (χ1) is 8.20. The zero-order valence-corrected chi connectivity index (χ0v) is 10.8. The number of nitrogens with one attached hydrogen (secondary N) is 1. The third-order valence-corrected chi connectivity index (χ3v) is 2.78. The summed E-state index contributed by atoms with van der Waals surface area (Å²) in [5.41, 5.74) is 1.62. The van der Waals surface area contributed by atoms with Gasteiger partial charge >= 0.3 is 0 Å². The fourth-order valence-electron chi connectivity index (χ4n) is 1.48. The number of anilines is 1. The first-order valence-corrected chi connectivity index (χ1v) is 5.97. The molecule has 0 saturated carbocycles. The molecule has 1 N–H and O–H groups in total. The number of rotatable bonds is 3. The van der Waals surface area contributed by atoms with Crippen LogP contribution in [-0.2, 0) is 0 Å². The van der Waals surface area contributed by atoms with Crippen LogP contribution in [0.5, 0.6) is 0 Å². The second kappa shape index (κ2) is 5.34. The second-order valence-electron chi connectivity index (χ2n) is 3.44. The first-order valence-electron chi connectivity index (χ1n) is 5.22.